The molecule has 2 aromatic carbocycles. The molecule has 0 saturated carbocycles. The molecule has 0 aromatic heterocycles. The molecule has 1 aliphatic heterocycles. The monoisotopic (exact) mass is 499 g/mol. The molecule has 0 amide bonds. The molecule has 38 heavy (non-hydrogen) atoms. The second kappa shape index (κ2) is 15.3. The van der Waals surface area contributed by atoms with E-state index in [1.165, 1.54) is 21.6 Å². The third kappa shape index (κ3) is 7.76. The van der Waals surface area contributed by atoms with Crippen molar-refractivity contribution < 1.29 is 0 Å². The van der Waals surface area contributed by atoms with E-state index in [4.69, 9.17) is 4.99 Å². The molecule has 3 rings (SSSR count). The van der Waals surface area contributed by atoms with E-state index in [2.05, 4.69) is 125 Å². The summed E-state index contributed by atoms with van der Waals surface area (Å²) in [6.07, 6.45) is 30.1. The van der Waals surface area contributed by atoms with Crippen LogP contribution in [0.1, 0.15) is 57.6 Å². The van der Waals surface area contributed by atoms with E-state index in [9.17, 15) is 0 Å². The van der Waals surface area contributed by atoms with Crippen LogP contribution in [0.2, 0.25) is 0 Å². The quantitative estimate of drug-likeness (QED) is 0.324. The fraction of sp³-hybridized carbons (Fsp3) is 0.216. The molecule has 0 spiro atoms. The van der Waals surface area contributed by atoms with Crippen LogP contribution in [0.25, 0.3) is 23.8 Å². The SMILES string of the molecule is C=C/C(=C\C(=C)C1=c2\ccc(CC)c(/C=C\CC)\c2=N\C=C\C=C\C\C=C\1)C/C=c1/cccc/c1=C/CC. The normalized spacial score (nSPS) is 19.8. The Kier molecular flexibility index (Phi) is 11.5. The molecule has 0 N–H and O–H groups in total. The van der Waals surface area contributed by atoms with Crippen molar-refractivity contribution in [2.45, 2.75) is 52.9 Å². The highest BCUT2D eigenvalue weighted by Gasteiger charge is 2.07. The molecule has 2 aromatic rings. The van der Waals surface area contributed by atoms with Crippen LogP contribution in [0.15, 0.2) is 121 Å². The van der Waals surface area contributed by atoms with Gasteiger partial charge in [-0.2, -0.15) is 0 Å². The molecule has 0 fully saturated rings. The molecule has 1 aliphatic rings. The van der Waals surface area contributed by atoms with Gasteiger partial charge in [-0.05, 0) is 70.9 Å². The van der Waals surface area contributed by atoms with Crippen molar-refractivity contribution in [2.75, 3.05) is 0 Å². The Morgan fingerprint density at radius 3 is 2.45 bits per heavy atom. The van der Waals surface area contributed by atoms with E-state index in [-0.39, 0.29) is 0 Å². The summed E-state index contributed by atoms with van der Waals surface area (Å²) in [6.45, 7) is 15.2. The van der Waals surface area contributed by atoms with Crippen LogP contribution in [-0.2, 0) is 6.42 Å². The van der Waals surface area contributed by atoms with Crippen molar-refractivity contribution in [3.05, 3.63) is 148 Å². The molecule has 0 saturated heterocycles. The predicted molar refractivity (Wildman–Crippen MR) is 168 cm³/mol. The summed E-state index contributed by atoms with van der Waals surface area (Å²) in [6, 6.07) is 13.0. The fourth-order valence-electron chi connectivity index (χ4n) is 4.53. The van der Waals surface area contributed by atoms with Crippen LogP contribution in [0, 0.1) is 0 Å². The molecule has 0 radical (unpaired) electrons. The van der Waals surface area contributed by atoms with Crippen LogP contribution < -0.4 is 21.0 Å². The Morgan fingerprint density at radius 2 is 1.74 bits per heavy atom. The molecule has 1 nitrogen and oxygen atoms in total. The standard InChI is InChI=1S/C37H41N/c1-6-10-21-35-31(9-4)25-26-36-34(22-14-12-11-13-17-27-38-37(35)36)29(5)28-30(8-3)23-24-33-20-16-15-19-32(33)18-7-2/h8,10-11,13-22,24-28H,3,5-7,9,12,23H2,1-2,4H3/b13-11+,21-10-,22-14+,27-17+,30-28+,32-18-,33-24-,36-34+,38-37-. The minimum absolute atomic E-state index is 0.788. The zero-order valence-corrected chi connectivity index (χ0v) is 23.3. The zero-order chi connectivity index (χ0) is 27.2. The average molecular weight is 500 g/mol. The number of aryl methyl sites for hydroxylation is 1. The third-order valence-electron chi connectivity index (χ3n) is 6.54. The van der Waals surface area contributed by atoms with Crippen LogP contribution in [0.3, 0.4) is 0 Å². The van der Waals surface area contributed by atoms with Gasteiger partial charge < -0.3 is 0 Å². The van der Waals surface area contributed by atoms with E-state index in [1.807, 2.05) is 18.4 Å². The minimum atomic E-state index is 0.788. The fourth-order valence-corrected chi connectivity index (χ4v) is 4.53. The highest BCUT2D eigenvalue weighted by atomic mass is 14.7. The molecule has 0 bridgehead atoms. The molecular weight excluding hydrogens is 458 g/mol. The first-order chi connectivity index (χ1) is 18.6. The van der Waals surface area contributed by atoms with Gasteiger partial charge in [0, 0.05) is 17.0 Å². The van der Waals surface area contributed by atoms with Crippen LogP contribution >= 0.6 is 0 Å². The lowest BCUT2D eigenvalue weighted by Crippen LogP contribution is -2.31. The van der Waals surface area contributed by atoms with Gasteiger partial charge in [-0.15, -0.1) is 0 Å². The topological polar surface area (TPSA) is 12.4 Å². The van der Waals surface area contributed by atoms with Gasteiger partial charge >= 0.3 is 0 Å². The summed E-state index contributed by atoms with van der Waals surface area (Å²) in [5.41, 5.74) is 5.65. The van der Waals surface area contributed by atoms with E-state index < -0.39 is 0 Å². The maximum atomic E-state index is 4.96. The van der Waals surface area contributed by atoms with Crippen molar-refractivity contribution in [3.8, 4) is 0 Å². The predicted octanol–water partition coefficient (Wildman–Crippen LogP) is 7.20. The number of nitrogens with zero attached hydrogens (tertiary/aromatic N) is 1. The summed E-state index contributed by atoms with van der Waals surface area (Å²) in [5, 5.41) is 4.61. The number of hydrogen-bond donors (Lipinski definition) is 0. The van der Waals surface area contributed by atoms with Crippen molar-refractivity contribution in [1.29, 1.82) is 0 Å². The number of hydrogen-bond acceptors (Lipinski definition) is 1. The summed E-state index contributed by atoms with van der Waals surface area (Å²) in [7, 11) is 0. The smallest absolute Gasteiger partial charge is 0.0783 e. The molecule has 0 unspecified atom stereocenters. The molecule has 194 valence electrons. The van der Waals surface area contributed by atoms with Crippen molar-refractivity contribution >= 4 is 23.8 Å². The molecule has 1 heteroatoms. The first kappa shape index (κ1) is 28.6. The van der Waals surface area contributed by atoms with Crippen molar-refractivity contribution in [2.24, 2.45) is 4.99 Å². The van der Waals surface area contributed by atoms with Crippen molar-refractivity contribution in [1.82, 2.24) is 0 Å². The van der Waals surface area contributed by atoms with Crippen molar-refractivity contribution in [3.63, 3.8) is 0 Å². The third-order valence-corrected chi connectivity index (χ3v) is 6.54. The summed E-state index contributed by atoms with van der Waals surface area (Å²) >= 11 is 0. The van der Waals surface area contributed by atoms with Crippen LogP contribution in [0.5, 0.6) is 0 Å². The minimum Gasteiger partial charge on any atom is -0.256 e. The Bertz CT molecular complexity index is 1530. The van der Waals surface area contributed by atoms with E-state index in [1.54, 1.807) is 0 Å². The van der Waals surface area contributed by atoms with Gasteiger partial charge in [-0.25, -0.2) is 0 Å². The largest absolute Gasteiger partial charge is 0.256 e. The number of fused-ring (bicyclic) bond motifs is 1. The van der Waals surface area contributed by atoms with Gasteiger partial charge in [0.1, 0.15) is 0 Å². The van der Waals surface area contributed by atoms with E-state index >= 15 is 0 Å². The maximum Gasteiger partial charge on any atom is 0.0783 e. The van der Waals surface area contributed by atoms with Gasteiger partial charge in [-0.1, -0.05) is 131 Å². The number of rotatable bonds is 9. The highest BCUT2D eigenvalue weighted by molar-refractivity contribution is 5.76. The summed E-state index contributed by atoms with van der Waals surface area (Å²) in [4.78, 5) is 4.96. The van der Waals surface area contributed by atoms with Crippen LogP contribution in [-0.4, -0.2) is 0 Å². The molecular formula is C37H41N. The lowest BCUT2D eigenvalue weighted by atomic mass is 9.95. The van der Waals surface area contributed by atoms with E-state index in [0.29, 0.717) is 0 Å². The highest BCUT2D eigenvalue weighted by Crippen LogP contribution is 2.17. The second-order valence-corrected chi connectivity index (χ2v) is 9.25. The summed E-state index contributed by atoms with van der Waals surface area (Å²) in [5.74, 6) is 0. The Morgan fingerprint density at radius 1 is 0.947 bits per heavy atom. The van der Waals surface area contributed by atoms with E-state index in [0.717, 1.165) is 59.4 Å². The Balaban J connectivity index is 2.21. The van der Waals surface area contributed by atoms with Gasteiger partial charge in [0.2, 0.25) is 0 Å². The number of allylic oxidation sites excluding steroid dienone is 10. The first-order valence-electron chi connectivity index (χ1n) is 13.8. The molecule has 0 atom stereocenters. The van der Waals surface area contributed by atoms with Gasteiger partial charge in [0.05, 0.1) is 5.36 Å². The molecule has 1 heterocycles. The second-order valence-electron chi connectivity index (χ2n) is 9.25. The summed E-state index contributed by atoms with van der Waals surface area (Å²) < 4.78 is 0. The van der Waals surface area contributed by atoms with Gasteiger partial charge in [-0.3, -0.25) is 4.99 Å². The maximum absolute atomic E-state index is 4.96. The zero-order valence-electron chi connectivity index (χ0n) is 23.3. The lowest BCUT2D eigenvalue weighted by molar-refractivity contribution is 1.10. The Labute approximate surface area is 229 Å². The number of benzene rings is 2. The Hall–Kier alpha value is -3.97. The lowest BCUT2D eigenvalue weighted by Gasteiger charge is -2.10. The van der Waals surface area contributed by atoms with Gasteiger partial charge in [0.15, 0.2) is 0 Å². The van der Waals surface area contributed by atoms with Gasteiger partial charge in [0.25, 0.3) is 0 Å². The first-order valence-corrected chi connectivity index (χ1v) is 13.8. The van der Waals surface area contributed by atoms with Crippen LogP contribution in [0.4, 0.5) is 0 Å². The average Bonchev–Trinajstić information content (AvgIpc) is 2.98. The molecule has 0 aliphatic carbocycles.